The fraction of sp³-hybridized carbons (Fsp3) is 0.412. The molecule has 1 atom stereocenters. The molecule has 0 aliphatic carbocycles. The van der Waals surface area contributed by atoms with Gasteiger partial charge in [0.25, 0.3) is 0 Å². The van der Waals surface area contributed by atoms with Gasteiger partial charge in [-0.05, 0) is 26.2 Å². The molecule has 0 saturated carbocycles. The molecule has 3 aromatic rings. The van der Waals surface area contributed by atoms with Gasteiger partial charge in [0.05, 0.1) is 13.1 Å². The van der Waals surface area contributed by atoms with Crippen molar-refractivity contribution in [1.82, 2.24) is 14.6 Å². The number of quaternary nitrogens is 1. The molecule has 1 aliphatic rings. The van der Waals surface area contributed by atoms with E-state index >= 15 is 0 Å². The van der Waals surface area contributed by atoms with Gasteiger partial charge >= 0.3 is 0 Å². The van der Waals surface area contributed by atoms with Crippen LogP contribution in [0.2, 0.25) is 0 Å². The number of benzene rings is 1. The van der Waals surface area contributed by atoms with Gasteiger partial charge in [0.2, 0.25) is 10.8 Å². The summed E-state index contributed by atoms with van der Waals surface area (Å²) in [6, 6.07) is 8.84. The zero-order valence-electron chi connectivity index (χ0n) is 13.2. The van der Waals surface area contributed by atoms with E-state index in [4.69, 9.17) is 0 Å². The third-order valence-corrected chi connectivity index (χ3v) is 5.81. The predicted molar refractivity (Wildman–Crippen MR) is 90.1 cm³/mol. The zero-order valence-corrected chi connectivity index (χ0v) is 14.0. The highest BCUT2D eigenvalue weighted by atomic mass is 32.1. The van der Waals surface area contributed by atoms with E-state index in [1.54, 1.807) is 15.9 Å². The van der Waals surface area contributed by atoms with Crippen molar-refractivity contribution in [3.05, 3.63) is 46.6 Å². The number of thiazole rings is 1. The maximum absolute atomic E-state index is 10.7. The fourth-order valence-electron chi connectivity index (χ4n) is 3.51. The SMILES string of the molecule is Cc1ccc([C@H](c2sc3ncnn3c2O)[NH+]2CCCCC2)cc1. The Morgan fingerprint density at radius 2 is 1.91 bits per heavy atom. The summed E-state index contributed by atoms with van der Waals surface area (Å²) < 4.78 is 1.55. The largest absolute Gasteiger partial charge is 0.492 e. The van der Waals surface area contributed by atoms with Crippen molar-refractivity contribution >= 4 is 16.3 Å². The monoisotopic (exact) mass is 329 g/mol. The number of aryl methyl sites for hydroxylation is 1. The Labute approximate surface area is 139 Å². The van der Waals surface area contributed by atoms with Crippen LogP contribution in [0.5, 0.6) is 5.88 Å². The molecule has 5 nitrogen and oxygen atoms in total. The first-order valence-corrected chi connectivity index (χ1v) is 8.98. The van der Waals surface area contributed by atoms with E-state index in [0.29, 0.717) is 0 Å². The van der Waals surface area contributed by atoms with Crippen molar-refractivity contribution in [2.75, 3.05) is 13.1 Å². The molecule has 1 fully saturated rings. The zero-order chi connectivity index (χ0) is 15.8. The number of fused-ring (bicyclic) bond motifs is 1. The molecule has 4 rings (SSSR count). The molecule has 0 radical (unpaired) electrons. The minimum absolute atomic E-state index is 0.157. The number of rotatable bonds is 3. The lowest BCUT2D eigenvalue weighted by molar-refractivity contribution is -0.929. The van der Waals surface area contributed by atoms with Crippen LogP contribution in [0, 0.1) is 6.92 Å². The van der Waals surface area contributed by atoms with Crippen molar-refractivity contribution in [2.24, 2.45) is 0 Å². The normalized spacial score (nSPS) is 17.6. The molecule has 2 aromatic heterocycles. The molecule has 3 heterocycles. The van der Waals surface area contributed by atoms with E-state index in [2.05, 4.69) is 41.3 Å². The first-order chi connectivity index (χ1) is 11.2. The number of hydrogen-bond donors (Lipinski definition) is 2. The molecule has 1 saturated heterocycles. The van der Waals surface area contributed by atoms with E-state index < -0.39 is 0 Å². The van der Waals surface area contributed by atoms with Crippen LogP contribution in [-0.4, -0.2) is 32.8 Å². The number of aromatic hydroxyl groups is 1. The molecular weight excluding hydrogens is 308 g/mol. The standard InChI is InChI=1S/C17H20N4OS/c1-12-5-7-13(8-6-12)14(20-9-3-2-4-10-20)15-16(22)21-17(23-15)18-11-19-21/h5-8,11,14,22H,2-4,9-10H2,1H3/p+1/t14-/m1/s1. The molecule has 0 spiro atoms. The van der Waals surface area contributed by atoms with Crippen LogP contribution in [0.4, 0.5) is 0 Å². The number of nitrogens with zero attached hydrogens (tertiary/aromatic N) is 3. The lowest BCUT2D eigenvalue weighted by Gasteiger charge is -2.31. The maximum Gasteiger partial charge on any atom is 0.235 e. The summed E-state index contributed by atoms with van der Waals surface area (Å²) >= 11 is 1.55. The Hall–Kier alpha value is -1.92. The lowest BCUT2D eigenvalue weighted by atomic mass is 9.99. The molecule has 1 aromatic carbocycles. The van der Waals surface area contributed by atoms with Crippen molar-refractivity contribution in [3.8, 4) is 5.88 Å². The van der Waals surface area contributed by atoms with Crippen LogP contribution in [0.15, 0.2) is 30.6 Å². The van der Waals surface area contributed by atoms with Gasteiger partial charge in [-0.2, -0.15) is 9.61 Å². The van der Waals surface area contributed by atoms with Crippen LogP contribution in [0.3, 0.4) is 0 Å². The topological polar surface area (TPSA) is 54.9 Å². The Balaban J connectivity index is 1.81. The number of hydrogen-bond acceptors (Lipinski definition) is 4. The summed E-state index contributed by atoms with van der Waals surface area (Å²) in [4.78, 5) is 7.49. The average molecular weight is 329 g/mol. The Morgan fingerprint density at radius 1 is 1.17 bits per heavy atom. The molecule has 0 bridgehead atoms. The third-order valence-electron chi connectivity index (χ3n) is 4.72. The summed E-state index contributed by atoms with van der Waals surface area (Å²) in [5.41, 5.74) is 2.51. The fourth-order valence-corrected chi connectivity index (χ4v) is 4.62. The highest BCUT2D eigenvalue weighted by Crippen LogP contribution is 2.34. The van der Waals surface area contributed by atoms with Crippen molar-refractivity contribution in [2.45, 2.75) is 32.2 Å². The molecule has 0 unspecified atom stereocenters. The second-order valence-electron chi connectivity index (χ2n) is 6.31. The van der Waals surface area contributed by atoms with E-state index in [0.717, 1.165) is 22.9 Å². The van der Waals surface area contributed by atoms with Crippen LogP contribution < -0.4 is 4.90 Å². The van der Waals surface area contributed by atoms with Gasteiger partial charge in [-0.3, -0.25) is 0 Å². The van der Waals surface area contributed by atoms with Gasteiger partial charge in [-0.15, -0.1) is 0 Å². The summed E-state index contributed by atoms with van der Waals surface area (Å²) in [6.45, 7) is 4.39. The van der Waals surface area contributed by atoms with E-state index in [1.807, 2.05) is 0 Å². The van der Waals surface area contributed by atoms with Gasteiger partial charge in [-0.1, -0.05) is 41.2 Å². The van der Waals surface area contributed by atoms with Crippen LogP contribution >= 0.6 is 11.3 Å². The van der Waals surface area contributed by atoms with Gasteiger partial charge in [0.1, 0.15) is 11.2 Å². The average Bonchev–Trinajstić information content (AvgIpc) is 3.15. The van der Waals surface area contributed by atoms with E-state index in [9.17, 15) is 5.11 Å². The first kappa shape index (κ1) is 14.7. The van der Waals surface area contributed by atoms with Crippen molar-refractivity contribution in [3.63, 3.8) is 0 Å². The van der Waals surface area contributed by atoms with E-state index in [-0.39, 0.29) is 11.9 Å². The van der Waals surface area contributed by atoms with Crippen LogP contribution in [0.25, 0.3) is 4.96 Å². The maximum atomic E-state index is 10.7. The minimum Gasteiger partial charge on any atom is -0.492 e. The summed E-state index contributed by atoms with van der Waals surface area (Å²) in [5, 5.41) is 14.8. The molecule has 0 amide bonds. The predicted octanol–water partition coefficient (Wildman–Crippen LogP) is 1.96. The molecular formula is C17H21N4OS+. The number of piperidine rings is 1. The number of aromatic nitrogens is 3. The highest BCUT2D eigenvalue weighted by molar-refractivity contribution is 7.17. The quantitative estimate of drug-likeness (QED) is 0.772. The van der Waals surface area contributed by atoms with Crippen LogP contribution in [0.1, 0.15) is 41.3 Å². The third kappa shape index (κ3) is 2.62. The van der Waals surface area contributed by atoms with Crippen molar-refractivity contribution in [1.29, 1.82) is 0 Å². The van der Waals surface area contributed by atoms with Gasteiger partial charge in [0, 0.05) is 5.56 Å². The van der Waals surface area contributed by atoms with Gasteiger partial charge in [-0.25, -0.2) is 4.98 Å². The molecule has 6 heteroatoms. The molecule has 2 N–H and O–H groups in total. The molecule has 23 heavy (non-hydrogen) atoms. The Bertz CT molecular complexity index is 802. The summed E-state index contributed by atoms with van der Waals surface area (Å²) in [6.07, 6.45) is 5.30. The molecule has 120 valence electrons. The van der Waals surface area contributed by atoms with Crippen LogP contribution in [-0.2, 0) is 0 Å². The lowest BCUT2D eigenvalue weighted by Crippen LogP contribution is -3.13. The second kappa shape index (κ2) is 5.94. The van der Waals surface area contributed by atoms with Gasteiger partial charge in [0.15, 0.2) is 6.04 Å². The first-order valence-electron chi connectivity index (χ1n) is 8.16. The summed E-state index contributed by atoms with van der Waals surface area (Å²) in [7, 11) is 0. The number of likely N-dealkylation sites (tertiary alicyclic amines) is 1. The second-order valence-corrected chi connectivity index (χ2v) is 7.32. The Morgan fingerprint density at radius 3 is 2.61 bits per heavy atom. The Kier molecular flexibility index (Phi) is 3.79. The minimum atomic E-state index is 0.157. The number of nitrogens with one attached hydrogen (secondary N) is 1. The van der Waals surface area contributed by atoms with E-state index in [1.165, 1.54) is 41.6 Å². The van der Waals surface area contributed by atoms with Crippen molar-refractivity contribution < 1.29 is 10.0 Å². The molecule has 1 aliphatic heterocycles. The van der Waals surface area contributed by atoms with Gasteiger partial charge < -0.3 is 10.0 Å². The summed E-state index contributed by atoms with van der Waals surface area (Å²) in [5.74, 6) is 0.242. The smallest absolute Gasteiger partial charge is 0.235 e. The highest BCUT2D eigenvalue weighted by Gasteiger charge is 2.33.